The molecule has 1 amide bonds. The normalized spacial score (nSPS) is 10.3. The van der Waals surface area contributed by atoms with E-state index < -0.39 is 0 Å². The van der Waals surface area contributed by atoms with Crippen molar-refractivity contribution in [1.82, 2.24) is 4.98 Å². The smallest absolute Gasteiger partial charge is 0.257 e. The number of carbonyl (C=O) groups is 1. The highest BCUT2D eigenvalue weighted by Crippen LogP contribution is 2.25. The number of carbonyl (C=O) groups excluding carboxylic acids is 1. The molecule has 27 heavy (non-hydrogen) atoms. The lowest BCUT2D eigenvalue weighted by Crippen LogP contribution is -2.17. The fourth-order valence-electron chi connectivity index (χ4n) is 2.78. The minimum Gasteiger partial charge on any atom is -0.340 e. The fourth-order valence-corrected chi connectivity index (χ4v) is 2.90. The van der Waals surface area contributed by atoms with Crippen LogP contribution < -0.4 is 10.6 Å². The van der Waals surface area contributed by atoms with Gasteiger partial charge in [-0.3, -0.25) is 4.79 Å². The second-order valence-electron chi connectivity index (χ2n) is 6.10. The highest BCUT2D eigenvalue weighted by atomic mass is 35.5. The SMILES string of the molecule is CC(=N)c1c(Nc2ccccc2)ncc(C(=O)Nc2ccc(Cl)cc2)c1C. The Morgan fingerprint density at radius 2 is 1.70 bits per heavy atom. The number of halogens is 1. The molecule has 0 aliphatic rings. The summed E-state index contributed by atoms with van der Waals surface area (Å²) in [5.74, 6) is 0.269. The minimum absolute atomic E-state index is 0.281. The molecule has 136 valence electrons. The molecule has 0 aliphatic heterocycles. The van der Waals surface area contributed by atoms with Crippen molar-refractivity contribution in [2.75, 3.05) is 10.6 Å². The molecule has 6 heteroatoms. The monoisotopic (exact) mass is 378 g/mol. The summed E-state index contributed by atoms with van der Waals surface area (Å²) in [6.45, 7) is 3.50. The third-order valence-corrected chi connectivity index (χ3v) is 4.35. The van der Waals surface area contributed by atoms with Gasteiger partial charge in [0.2, 0.25) is 0 Å². The van der Waals surface area contributed by atoms with Crippen molar-refractivity contribution in [3.8, 4) is 0 Å². The van der Waals surface area contributed by atoms with E-state index in [1.54, 1.807) is 31.2 Å². The van der Waals surface area contributed by atoms with Gasteiger partial charge < -0.3 is 16.0 Å². The number of amides is 1. The van der Waals surface area contributed by atoms with E-state index in [9.17, 15) is 4.79 Å². The second-order valence-corrected chi connectivity index (χ2v) is 6.53. The Morgan fingerprint density at radius 1 is 1.04 bits per heavy atom. The van der Waals surface area contributed by atoms with Gasteiger partial charge in [-0.25, -0.2) is 4.98 Å². The first kappa shape index (κ1) is 18.6. The maximum atomic E-state index is 12.7. The summed E-state index contributed by atoms with van der Waals surface area (Å²) < 4.78 is 0. The first-order valence-electron chi connectivity index (χ1n) is 8.40. The summed E-state index contributed by atoms with van der Waals surface area (Å²) in [4.78, 5) is 17.1. The quantitative estimate of drug-likeness (QED) is 0.518. The molecule has 0 unspecified atom stereocenters. The van der Waals surface area contributed by atoms with E-state index in [4.69, 9.17) is 17.0 Å². The lowest BCUT2D eigenvalue weighted by molar-refractivity contribution is 0.102. The molecule has 2 aromatic carbocycles. The highest BCUT2D eigenvalue weighted by Gasteiger charge is 2.18. The number of hydrogen-bond donors (Lipinski definition) is 3. The number of benzene rings is 2. The van der Waals surface area contributed by atoms with Gasteiger partial charge in [0.25, 0.3) is 5.91 Å². The summed E-state index contributed by atoms with van der Waals surface area (Å²) >= 11 is 5.88. The maximum Gasteiger partial charge on any atom is 0.257 e. The molecule has 3 N–H and O–H groups in total. The lowest BCUT2D eigenvalue weighted by Gasteiger charge is -2.16. The fraction of sp³-hybridized carbons (Fsp3) is 0.0952. The first-order valence-corrected chi connectivity index (χ1v) is 8.77. The van der Waals surface area contributed by atoms with E-state index in [-0.39, 0.29) is 5.91 Å². The average molecular weight is 379 g/mol. The molecule has 1 aromatic heterocycles. The summed E-state index contributed by atoms with van der Waals surface area (Å²) in [6.07, 6.45) is 1.53. The minimum atomic E-state index is -0.281. The highest BCUT2D eigenvalue weighted by molar-refractivity contribution is 6.30. The van der Waals surface area contributed by atoms with Gasteiger partial charge in [0.15, 0.2) is 0 Å². The van der Waals surface area contributed by atoms with Crippen LogP contribution in [-0.2, 0) is 0 Å². The molecule has 0 fully saturated rings. The van der Waals surface area contributed by atoms with Crippen molar-refractivity contribution in [2.24, 2.45) is 0 Å². The standard InChI is InChI=1S/C21H19ClN4O/c1-13-18(21(27)26-17-10-8-15(22)9-11-17)12-24-20(19(13)14(2)23)25-16-6-4-3-5-7-16/h3-12,23H,1-2H3,(H,24,25)(H,26,27). The zero-order valence-corrected chi connectivity index (χ0v) is 15.8. The van der Waals surface area contributed by atoms with Crippen LogP contribution in [0.5, 0.6) is 0 Å². The molecule has 0 saturated heterocycles. The summed E-state index contributed by atoms with van der Waals surface area (Å²) in [5.41, 5.74) is 3.57. The lowest BCUT2D eigenvalue weighted by atomic mass is 10.0. The molecular formula is C21H19ClN4O. The summed E-state index contributed by atoms with van der Waals surface area (Å²) in [6, 6.07) is 16.5. The van der Waals surface area contributed by atoms with E-state index >= 15 is 0 Å². The summed E-state index contributed by atoms with van der Waals surface area (Å²) in [7, 11) is 0. The van der Waals surface area contributed by atoms with Crippen LogP contribution >= 0.6 is 11.6 Å². The number of nitrogens with zero attached hydrogens (tertiary/aromatic N) is 1. The Kier molecular flexibility index (Phi) is 5.52. The van der Waals surface area contributed by atoms with Gasteiger partial charge in [0, 0.05) is 33.9 Å². The van der Waals surface area contributed by atoms with Crippen molar-refractivity contribution in [3.63, 3.8) is 0 Å². The van der Waals surface area contributed by atoms with Gasteiger partial charge in [-0.1, -0.05) is 29.8 Å². The predicted molar refractivity (Wildman–Crippen MR) is 111 cm³/mol. The van der Waals surface area contributed by atoms with Gasteiger partial charge in [-0.15, -0.1) is 0 Å². The largest absolute Gasteiger partial charge is 0.340 e. The number of hydrogen-bond acceptors (Lipinski definition) is 4. The van der Waals surface area contributed by atoms with E-state index in [0.29, 0.717) is 38.9 Å². The maximum absolute atomic E-state index is 12.7. The topological polar surface area (TPSA) is 77.9 Å². The van der Waals surface area contributed by atoms with E-state index in [1.807, 2.05) is 37.3 Å². The Labute approximate surface area is 162 Å². The van der Waals surface area contributed by atoms with E-state index in [1.165, 1.54) is 6.20 Å². The van der Waals surface area contributed by atoms with Crippen LogP contribution in [0.1, 0.15) is 28.4 Å². The van der Waals surface area contributed by atoms with Crippen molar-refractivity contribution in [3.05, 3.63) is 82.5 Å². The molecule has 5 nitrogen and oxygen atoms in total. The van der Waals surface area contributed by atoms with Crippen LogP contribution in [0.25, 0.3) is 0 Å². The zero-order chi connectivity index (χ0) is 19.4. The molecule has 0 atom stereocenters. The van der Waals surface area contributed by atoms with Crippen LogP contribution in [0.2, 0.25) is 5.02 Å². The van der Waals surface area contributed by atoms with Crippen LogP contribution in [0.4, 0.5) is 17.2 Å². The molecule has 3 aromatic rings. The predicted octanol–water partition coefficient (Wildman–Crippen LogP) is 5.43. The van der Waals surface area contributed by atoms with Gasteiger partial charge in [-0.05, 0) is 55.8 Å². The van der Waals surface area contributed by atoms with Crippen LogP contribution in [0.15, 0.2) is 60.8 Å². The Bertz CT molecular complexity index is 985. The van der Waals surface area contributed by atoms with Gasteiger partial charge in [0.1, 0.15) is 5.82 Å². The molecule has 0 spiro atoms. The van der Waals surface area contributed by atoms with Gasteiger partial charge >= 0.3 is 0 Å². The third kappa shape index (κ3) is 4.33. The number of aromatic nitrogens is 1. The zero-order valence-electron chi connectivity index (χ0n) is 15.0. The van der Waals surface area contributed by atoms with Crippen LogP contribution in [0.3, 0.4) is 0 Å². The number of pyridine rings is 1. The number of rotatable bonds is 5. The van der Waals surface area contributed by atoms with Crippen molar-refractivity contribution < 1.29 is 4.79 Å². The molecule has 0 bridgehead atoms. The Morgan fingerprint density at radius 3 is 2.33 bits per heavy atom. The molecule has 3 rings (SSSR count). The average Bonchev–Trinajstić information content (AvgIpc) is 2.64. The second kappa shape index (κ2) is 8.01. The Balaban J connectivity index is 1.92. The van der Waals surface area contributed by atoms with Crippen molar-refractivity contribution in [1.29, 1.82) is 5.41 Å². The third-order valence-electron chi connectivity index (χ3n) is 4.10. The first-order chi connectivity index (χ1) is 13.0. The van der Waals surface area contributed by atoms with Crippen LogP contribution in [-0.4, -0.2) is 16.6 Å². The van der Waals surface area contributed by atoms with Gasteiger partial charge in [-0.2, -0.15) is 0 Å². The van der Waals surface area contributed by atoms with E-state index in [2.05, 4.69) is 15.6 Å². The van der Waals surface area contributed by atoms with Gasteiger partial charge in [0.05, 0.1) is 5.56 Å². The number of anilines is 3. The molecule has 1 heterocycles. The van der Waals surface area contributed by atoms with Crippen LogP contribution in [0, 0.1) is 12.3 Å². The van der Waals surface area contributed by atoms with E-state index in [0.717, 1.165) is 5.69 Å². The van der Waals surface area contributed by atoms with Crippen molar-refractivity contribution >= 4 is 40.4 Å². The molecule has 0 radical (unpaired) electrons. The van der Waals surface area contributed by atoms with Crippen molar-refractivity contribution in [2.45, 2.75) is 13.8 Å². The number of nitrogens with one attached hydrogen (secondary N) is 3. The number of para-hydroxylation sites is 1. The molecule has 0 aliphatic carbocycles. The molecular weight excluding hydrogens is 360 g/mol. The summed E-state index contributed by atoms with van der Waals surface area (Å²) in [5, 5.41) is 14.8. The molecule has 0 saturated carbocycles. The Hall–Kier alpha value is -3.18.